The van der Waals surface area contributed by atoms with Crippen LogP contribution in [0.2, 0.25) is 0 Å². The second-order valence-corrected chi connectivity index (χ2v) is 5.98. The largest absolute Gasteiger partial charge is 0.472 e. The van der Waals surface area contributed by atoms with Crippen molar-refractivity contribution in [2.45, 2.75) is 45.3 Å². The third-order valence-corrected chi connectivity index (χ3v) is 4.13. The molecule has 5 heteroatoms. The summed E-state index contributed by atoms with van der Waals surface area (Å²) in [6.45, 7) is 8.50. The fraction of sp³-hybridized carbons (Fsp3) is 0.733. The Hall–Kier alpha value is -1.36. The Balaban J connectivity index is 1.76. The molecule has 2 aliphatic heterocycles. The molecule has 5 nitrogen and oxygen atoms in total. The van der Waals surface area contributed by atoms with Gasteiger partial charge >= 0.3 is 0 Å². The average Bonchev–Trinajstić information content (AvgIpc) is 2.47. The lowest BCUT2D eigenvalue weighted by molar-refractivity contribution is 0.132. The van der Waals surface area contributed by atoms with Gasteiger partial charge in [-0.2, -0.15) is 0 Å². The minimum absolute atomic E-state index is 0.126. The van der Waals surface area contributed by atoms with Crippen LogP contribution in [0, 0.1) is 0 Å². The molecule has 0 radical (unpaired) electrons. The molecular formula is C15H24N4O. The van der Waals surface area contributed by atoms with Crippen molar-refractivity contribution in [2.75, 3.05) is 31.1 Å². The highest BCUT2D eigenvalue weighted by Gasteiger charge is 2.30. The first-order valence-corrected chi connectivity index (χ1v) is 7.70. The molecular weight excluding hydrogens is 252 g/mol. The summed E-state index contributed by atoms with van der Waals surface area (Å²) in [5.41, 5.74) is 0. The lowest BCUT2D eigenvalue weighted by Gasteiger charge is -2.44. The molecule has 2 aliphatic rings. The molecule has 1 atom stereocenters. The van der Waals surface area contributed by atoms with Gasteiger partial charge < -0.3 is 9.64 Å². The molecule has 0 spiro atoms. The van der Waals surface area contributed by atoms with Gasteiger partial charge in [0.2, 0.25) is 0 Å². The highest BCUT2D eigenvalue weighted by molar-refractivity contribution is 5.48. The van der Waals surface area contributed by atoms with Crippen LogP contribution in [0.15, 0.2) is 12.4 Å². The van der Waals surface area contributed by atoms with Gasteiger partial charge in [-0.3, -0.25) is 4.90 Å². The standard InChI is InChI=1S/C15H24N4O/c1-12(2)20-15-14(16-6-7-17-15)19-10-9-18-8-4-3-5-13(18)11-19/h6-7,12-13H,3-5,8-11H2,1-2H3. The summed E-state index contributed by atoms with van der Waals surface area (Å²) in [6, 6.07) is 0.673. The summed E-state index contributed by atoms with van der Waals surface area (Å²) >= 11 is 0. The zero-order chi connectivity index (χ0) is 13.9. The van der Waals surface area contributed by atoms with Gasteiger partial charge in [0.15, 0.2) is 5.82 Å². The number of nitrogens with zero attached hydrogens (tertiary/aromatic N) is 4. The Bertz CT molecular complexity index is 451. The number of hydrogen-bond acceptors (Lipinski definition) is 5. The highest BCUT2D eigenvalue weighted by Crippen LogP contribution is 2.28. The van der Waals surface area contributed by atoms with Crippen LogP contribution in [0.3, 0.4) is 0 Å². The number of ether oxygens (including phenoxy) is 1. The van der Waals surface area contributed by atoms with E-state index in [0.717, 1.165) is 25.5 Å². The first-order valence-electron chi connectivity index (χ1n) is 7.70. The van der Waals surface area contributed by atoms with Crippen LogP contribution >= 0.6 is 0 Å². The quantitative estimate of drug-likeness (QED) is 0.844. The molecule has 1 aromatic heterocycles. The maximum atomic E-state index is 5.81. The van der Waals surface area contributed by atoms with E-state index >= 15 is 0 Å². The van der Waals surface area contributed by atoms with E-state index in [1.54, 1.807) is 12.4 Å². The first kappa shape index (κ1) is 13.6. The van der Waals surface area contributed by atoms with Gasteiger partial charge in [0.05, 0.1) is 6.10 Å². The number of rotatable bonds is 3. The molecule has 0 aromatic carbocycles. The Kier molecular flexibility index (Phi) is 4.05. The van der Waals surface area contributed by atoms with E-state index in [2.05, 4.69) is 19.8 Å². The van der Waals surface area contributed by atoms with E-state index in [-0.39, 0.29) is 6.10 Å². The summed E-state index contributed by atoms with van der Waals surface area (Å²) in [5.74, 6) is 1.58. The van der Waals surface area contributed by atoms with Crippen LogP contribution in [0.1, 0.15) is 33.1 Å². The third-order valence-electron chi connectivity index (χ3n) is 4.13. The second-order valence-electron chi connectivity index (χ2n) is 5.98. The molecule has 1 aromatic rings. The van der Waals surface area contributed by atoms with Crippen LogP contribution in [0.4, 0.5) is 5.82 Å². The summed E-state index contributed by atoms with van der Waals surface area (Å²) in [6.07, 6.45) is 7.60. The molecule has 3 rings (SSSR count). The van der Waals surface area contributed by atoms with Crippen LogP contribution in [0.25, 0.3) is 0 Å². The lowest BCUT2D eigenvalue weighted by Crippen LogP contribution is -2.55. The van der Waals surface area contributed by atoms with Crippen LogP contribution < -0.4 is 9.64 Å². The van der Waals surface area contributed by atoms with Gasteiger partial charge in [-0.05, 0) is 33.2 Å². The summed E-state index contributed by atoms with van der Waals surface area (Å²) in [7, 11) is 0. The Morgan fingerprint density at radius 1 is 1.15 bits per heavy atom. The molecule has 1 unspecified atom stereocenters. The van der Waals surface area contributed by atoms with Crippen molar-refractivity contribution in [2.24, 2.45) is 0 Å². The molecule has 0 amide bonds. The Labute approximate surface area is 121 Å². The van der Waals surface area contributed by atoms with Gasteiger partial charge in [-0.15, -0.1) is 0 Å². The predicted molar refractivity (Wildman–Crippen MR) is 79.2 cm³/mol. The SMILES string of the molecule is CC(C)Oc1nccnc1N1CCN2CCCCC2C1. The molecule has 0 N–H and O–H groups in total. The topological polar surface area (TPSA) is 41.5 Å². The molecule has 2 fully saturated rings. The second kappa shape index (κ2) is 5.95. The average molecular weight is 276 g/mol. The van der Waals surface area contributed by atoms with E-state index in [0.29, 0.717) is 11.9 Å². The molecule has 0 aliphatic carbocycles. The smallest absolute Gasteiger partial charge is 0.257 e. The molecule has 3 heterocycles. The number of aromatic nitrogens is 2. The molecule has 2 saturated heterocycles. The third kappa shape index (κ3) is 2.87. The minimum Gasteiger partial charge on any atom is -0.472 e. The zero-order valence-corrected chi connectivity index (χ0v) is 12.5. The van der Waals surface area contributed by atoms with Gasteiger partial charge in [0, 0.05) is 38.1 Å². The van der Waals surface area contributed by atoms with Crippen molar-refractivity contribution in [1.82, 2.24) is 14.9 Å². The Morgan fingerprint density at radius 2 is 2.00 bits per heavy atom. The number of anilines is 1. The summed E-state index contributed by atoms with van der Waals surface area (Å²) in [5, 5.41) is 0. The van der Waals surface area contributed by atoms with Gasteiger partial charge in [0.25, 0.3) is 5.88 Å². The van der Waals surface area contributed by atoms with Crippen molar-refractivity contribution >= 4 is 5.82 Å². The van der Waals surface area contributed by atoms with Crippen molar-refractivity contribution in [1.29, 1.82) is 0 Å². The lowest BCUT2D eigenvalue weighted by atomic mass is 9.99. The van der Waals surface area contributed by atoms with Crippen LogP contribution in [-0.4, -0.2) is 53.2 Å². The minimum atomic E-state index is 0.126. The monoisotopic (exact) mass is 276 g/mol. The van der Waals surface area contributed by atoms with Crippen LogP contribution in [0.5, 0.6) is 5.88 Å². The van der Waals surface area contributed by atoms with Gasteiger partial charge in [-0.25, -0.2) is 9.97 Å². The normalized spacial score (nSPS) is 23.8. The van der Waals surface area contributed by atoms with E-state index in [1.807, 2.05) is 13.8 Å². The van der Waals surface area contributed by atoms with Crippen molar-refractivity contribution in [3.05, 3.63) is 12.4 Å². The Morgan fingerprint density at radius 3 is 2.85 bits per heavy atom. The van der Waals surface area contributed by atoms with E-state index in [1.165, 1.54) is 25.8 Å². The number of hydrogen-bond donors (Lipinski definition) is 0. The maximum absolute atomic E-state index is 5.81. The van der Waals surface area contributed by atoms with Crippen molar-refractivity contribution in [3.8, 4) is 5.88 Å². The van der Waals surface area contributed by atoms with Crippen molar-refractivity contribution < 1.29 is 4.74 Å². The molecule has 20 heavy (non-hydrogen) atoms. The summed E-state index contributed by atoms with van der Waals surface area (Å²) in [4.78, 5) is 13.8. The van der Waals surface area contributed by atoms with Crippen molar-refractivity contribution in [3.63, 3.8) is 0 Å². The molecule has 0 saturated carbocycles. The molecule has 0 bridgehead atoms. The summed E-state index contributed by atoms with van der Waals surface area (Å²) < 4.78 is 5.81. The maximum Gasteiger partial charge on any atom is 0.257 e. The van der Waals surface area contributed by atoms with E-state index in [4.69, 9.17) is 4.74 Å². The van der Waals surface area contributed by atoms with Gasteiger partial charge in [0.1, 0.15) is 0 Å². The highest BCUT2D eigenvalue weighted by atomic mass is 16.5. The van der Waals surface area contributed by atoms with E-state index in [9.17, 15) is 0 Å². The molecule has 110 valence electrons. The number of piperazine rings is 1. The predicted octanol–water partition coefficient (Wildman–Crippen LogP) is 1.94. The fourth-order valence-corrected chi connectivity index (χ4v) is 3.19. The number of fused-ring (bicyclic) bond motifs is 1. The van der Waals surface area contributed by atoms with Crippen LogP contribution in [-0.2, 0) is 0 Å². The van der Waals surface area contributed by atoms with Gasteiger partial charge in [-0.1, -0.05) is 6.42 Å². The number of piperidine rings is 1. The zero-order valence-electron chi connectivity index (χ0n) is 12.5. The fourth-order valence-electron chi connectivity index (χ4n) is 3.19. The van der Waals surface area contributed by atoms with E-state index < -0.39 is 0 Å². The first-order chi connectivity index (χ1) is 9.74.